The highest BCUT2D eigenvalue weighted by Crippen LogP contribution is 2.20. The van der Waals surface area contributed by atoms with Gasteiger partial charge in [0.1, 0.15) is 0 Å². The van der Waals surface area contributed by atoms with E-state index in [2.05, 4.69) is 20.2 Å². The van der Waals surface area contributed by atoms with Crippen molar-refractivity contribution in [2.24, 2.45) is 0 Å². The zero-order valence-corrected chi connectivity index (χ0v) is 15.7. The molecule has 0 aliphatic carbocycles. The Hall–Kier alpha value is -3.18. The summed E-state index contributed by atoms with van der Waals surface area (Å²) in [6, 6.07) is 8.88. The molecule has 2 aromatic carbocycles. The first kappa shape index (κ1) is 20.6. The average molecular weight is 443 g/mol. The Labute approximate surface area is 167 Å². The van der Waals surface area contributed by atoms with Gasteiger partial charge in [-0.1, -0.05) is 11.6 Å². The molecule has 1 amide bonds. The Morgan fingerprint density at radius 2 is 1.59 bits per heavy atom. The smallest absolute Gasteiger partial charge is 0.263 e. The molecular formula is C17H10ClF3N4O3S. The number of nitrogens with zero attached hydrogens (tertiary/aromatic N) is 2. The van der Waals surface area contributed by atoms with Gasteiger partial charge in [0.05, 0.1) is 10.5 Å². The summed E-state index contributed by atoms with van der Waals surface area (Å²) in [4.78, 5) is 11.9. The molecule has 29 heavy (non-hydrogen) atoms. The maximum absolute atomic E-state index is 13.7. The van der Waals surface area contributed by atoms with Crippen LogP contribution in [-0.2, 0) is 10.0 Å². The van der Waals surface area contributed by atoms with Crippen LogP contribution < -0.4 is 10.0 Å². The molecule has 0 fully saturated rings. The van der Waals surface area contributed by atoms with E-state index < -0.39 is 38.9 Å². The fraction of sp³-hybridized carbons (Fsp3) is 0. The summed E-state index contributed by atoms with van der Waals surface area (Å²) in [7, 11) is -4.00. The Bertz CT molecular complexity index is 1170. The van der Waals surface area contributed by atoms with E-state index in [1.54, 1.807) is 0 Å². The molecule has 0 aliphatic rings. The van der Waals surface area contributed by atoms with Crippen LogP contribution in [0.2, 0.25) is 5.15 Å². The Morgan fingerprint density at radius 3 is 2.21 bits per heavy atom. The molecular weight excluding hydrogens is 433 g/mol. The van der Waals surface area contributed by atoms with Gasteiger partial charge in [0.25, 0.3) is 15.9 Å². The maximum Gasteiger partial charge on any atom is 0.263 e. The van der Waals surface area contributed by atoms with E-state index in [1.165, 1.54) is 36.4 Å². The van der Waals surface area contributed by atoms with Crippen molar-refractivity contribution in [2.45, 2.75) is 4.90 Å². The number of anilines is 2. The first-order valence-corrected chi connectivity index (χ1v) is 9.60. The number of sulfonamides is 1. The lowest BCUT2D eigenvalue weighted by Gasteiger charge is -2.09. The zero-order chi connectivity index (χ0) is 21.2. The number of amides is 1. The minimum atomic E-state index is -4.00. The molecule has 2 N–H and O–H groups in total. The van der Waals surface area contributed by atoms with E-state index in [0.29, 0.717) is 6.07 Å². The SMILES string of the molecule is O=C(Nc1ccc(S(=O)(=O)Nc2ccc(Cl)nn2)cc1)c1ccc(F)c(F)c1F. The van der Waals surface area contributed by atoms with E-state index in [4.69, 9.17) is 11.6 Å². The summed E-state index contributed by atoms with van der Waals surface area (Å²) in [6.45, 7) is 0. The molecule has 0 radical (unpaired) electrons. The van der Waals surface area contributed by atoms with Crippen LogP contribution in [0.25, 0.3) is 0 Å². The highest BCUT2D eigenvalue weighted by Gasteiger charge is 2.19. The number of hydrogen-bond donors (Lipinski definition) is 2. The molecule has 3 rings (SSSR count). The highest BCUT2D eigenvalue weighted by atomic mass is 35.5. The number of benzene rings is 2. The number of aromatic nitrogens is 2. The summed E-state index contributed by atoms with van der Waals surface area (Å²) < 4.78 is 66.7. The van der Waals surface area contributed by atoms with Crippen LogP contribution >= 0.6 is 11.6 Å². The van der Waals surface area contributed by atoms with Gasteiger partial charge in [0.15, 0.2) is 28.4 Å². The van der Waals surface area contributed by atoms with Crippen LogP contribution in [0.1, 0.15) is 10.4 Å². The van der Waals surface area contributed by atoms with Crippen molar-refractivity contribution in [3.8, 4) is 0 Å². The highest BCUT2D eigenvalue weighted by molar-refractivity contribution is 7.92. The molecule has 0 atom stereocenters. The van der Waals surface area contributed by atoms with Gasteiger partial charge in [-0.3, -0.25) is 9.52 Å². The average Bonchev–Trinajstić information content (AvgIpc) is 2.68. The third-order valence-corrected chi connectivity index (χ3v) is 5.15. The number of carbonyl (C=O) groups excluding carboxylic acids is 1. The lowest BCUT2D eigenvalue weighted by Crippen LogP contribution is -2.16. The fourth-order valence-electron chi connectivity index (χ4n) is 2.18. The van der Waals surface area contributed by atoms with Crippen LogP contribution in [0.15, 0.2) is 53.4 Å². The summed E-state index contributed by atoms with van der Waals surface area (Å²) in [5, 5.41) is 9.44. The molecule has 0 bridgehead atoms. The van der Waals surface area contributed by atoms with Crippen LogP contribution in [-0.4, -0.2) is 24.5 Å². The standard InChI is InChI=1S/C17H10ClF3N4O3S/c18-13-7-8-14(24-23-13)25-29(27,28)10-3-1-9(2-4-10)22-17(26)11-5-6-12(19)16(21)15(11)20/h1-8H,(H,22,26)(H,24,25). The third-order valence-electron chi connectivity index (χ3n) is 3.57. The molecule has 7 nitrogen and oxygen atoms in total. The lowest BCUT2D eigenvalue weighted by atomic mass is 10.1. The Balaban J connectivity index is 1.75. The van der Waals surface area contributed by atoms with E-state index >= 15 is 0 Å². The minimum Gasteiger partial charge on any atom is -0.322 e. The van der Waals surface area contributed by atoms with Crippen molar-refractivity contribution >= 4 is 39.0 Å². The van der Waals surface area contributed by atoms with Gasteiger partial charge in [0.2, 0.25) is 0 Å². The molecule has 0 aliphatic heterocycles. The van der Waals surface area contributed by atoms with Gasteiger partial charge in [-0.15, -0.1) is 10.2 Å². The topological polar surface area (TPSA) is 101 Å². The number of halogens is 4. The fourth-order valence-corrected chi connectivity index (χ4v) is 3.28. The van der Waals surface area contributed by atoms with E-state index in [-0.39, 0.29) is 21.6 Å². The van der Waals surface area contributed by atoms with Gasteiger partial charge in [-0.05, 0) is 48.5 Å². The quantitative estimate of drug-likeness (QED) is 0.588. The van der Waals surface area contributed by atoms with Crippen LogP contribution in [0.4, 0.5) is 24.7 Å². The monoisotopic (exact) mass is 442 g/mol. The summed E-state index contributed by atoms with van der Waals surface area (Å²) >= 11 is 5.58. The van der Waals surface area contributed by atoms with Gasteiger partial charge in [0, 0.05) is 5.69 Å². The van der Waals surface area contributed by atoms with Gasteiger partial charge < -0.3 is 5.32 Å². The minimum absolute atomic E-state index is 0.0550. The van der Waals surface area contributed by atoms with E-state index in [9.17, 15) is 26.4 Å². The van der Waals surface area contributed by atoms with E-state index in [1.807, 2.05) is 0 Å². The molecule has 3 aromatic rings. The van der Waals surface area contributed by atoms with Crippen molar-refractivity contribution in [1.29, 1.82) is 0 Å². The largest absolute Gasteiger partial charge is 0.322 e. The van der Waals surface area contributed by atoms with Crippen molar-refractivity contribution in [3.05, 3.63) is 76.7 Å². The lowest BCUT2D eigenvalue weighted by molar-refractivity contribution is 0.102. The van der Waals surface area contributed by atoms with Crippen LogP contribution in [0.5, 0.6) is 0 Å². The first-order chi connectivity index (χ1) is 13.7. The second kappa shape index (κ2) is 8.05. The normalized spacial score (nSPS) is 11.2. The third kappa shape index (κ3) is 4.63. The van der Waals surface area contributed by atoms with Crippen molar-refractivity contribution in [2.75, 3.05) is 10.0 Å². The van der Waals surface area contributed by atoms with Gasteiger partial charge >= 0.3 is 0 Å². The summed E-state index contributed by atoms with van der Waals surface area (Å²) in [5.74, 6) is -5.91. The number of hydrogen-bond acceptors (Lipinski definition) is 5. The molecule has 1 aromatic heterocycles. The van der Waals surface area contributed by atoms with Crippen molar-refractivity contribution in [3.63, 3.8) is 0 Å². The molecule has 0 unspecified atom stereocenters. The summed E-state index contributed by atoms with van der Waals surface area (Å²) in [6.07, 6.45) is 0. The van der Waals surface area contributed by atoms with Crippen molar-refractivity contribution in [1.82, 2.24) is 10.2 Å². The predicted octanol–water partition coefficient (Wildman–Crippen LogP) is 3.60. The molecule has 1 heterocycles. The van der Waals surface area contributed by atoms with Crippen LogP contribution in [0, 0.1) is 17.5 Å². The molecule has 150 valence electrons. The zero-order valence-electron chi connectivity index (χ0n) is 14.2. The Morgan fingerprint density at radius 1 is 0.897 bits per heavy atom. The number of nitrogens with one attached hydrogen (secondary N) is 2. The van der Waals surface area contributed by atoms with Crippen molar-refractivity contribution < 1.29 is 26.4 Å². The second-order valence-electron chi connectivity index (χ2n) is 5.55. The maximum atomic E-state index is 13.7. The summed E-state index contributed by atoms with van der Waals surface area (Å²) in [5.41, 5.74) is -0.604. The first-order valence-electron chi connectivity index (χ1n) is 7.74. The van der Waals surface area contributed by atoms with E-state index in [0.717, 1.165) is 6.07 Å². The molecule has 0 saturated heterocycles. The predicted molar refractivity (Wildman–Crippen MR) is 98.6 cm³/mol. The molecule has 0 saturated carbocycles. The molecule has 0 spiro atoms. The van der Waals surface area contributed by atoms with Gasteiger partial charge in [-0.25, -0.2) is 21.6 Å². The number of carbonyl (C=O) groups is 1. The molecule has 12 heteroatoms. The van der Waals surface area contributed by atoms with Crippen LogP contribution in [0.3, 0.4) is 0 Å². The number of rotatable bonds is 5. The van der Waals surface area contributed by atoms with Gasteiger partial charge in [-0.2, -0.15) is 0 Å². The second-order valence-corrected chi connectivity index (χ2v) is 7.62. The Kier molecular flexibility index (Phi) is 5.71.